The molecule has 0 heterocycles. The molecule has 1 N–H and O–H groups in total. The smallest absolute Gasteiger partial charge is 0.277 e. The molecular weight excluding hydrogens is 372 g/mol. The maximum Gasteiger partial charge on any atom is 0.277 e. The molecule has 0 atom stereocenters. The lowest BCUT2D eigenvalue weighted by Crippen LogP contribution is -2.24. The topological polar surface area (TPSA) is 78.4 Å². The molecule has 3 rings (SSSR count). The van der Waals surface area contributed by atoms with Gasteiger partial charge in [0.1, 0.15) is 5.75 Å². The van der Waals surface area contributed by atoms with E-state index in [1.165, 1.54) is 51.5 Å². The highest BCUT2D eigenvalue weighted by atomic mass is 16.5. The molecule has 7 heteroatoms. The molecular formula is C22H26N2O5. The summed E-state index contributed by atoms with van der Waals surface area (Å²) in [4.78, 5) is 12.0. The van der Waals surface area contributed by atoms with Gasteiger partial charge in [0.2, 0.25) is 5.75 Å². The van der Waals surface area contributed by atoms with Crippen molar-refractivity contribution in [2.24, 2.45) is 5.10 Å². The fourth-order valence-electron chi connectivity index (χ4n) is 3.34. The van der Waals surface area contributed by atoms with Crippen LogP contribution in [0.25, 0.3) is 0 Å². The van der Waals surface area contributed by atoms with E-state index in [1.807, 2.05) is 12.1 Å². The summed E-state index contributed by atoms with van der Waals surface area (Å²) in [6.45, 7) is -0.106. The summed E-state index contributed by atoms with van der Waals surface area (Å²) in [7, 11) is 4.62. The van der Waals surface area contributed by atoms with Gasteiger partial charge in [-0.1, -0.05) is 6.07 Å². The molecule has 154 valence electrons. The van der Waals surface area contributed by atoms with Gasteiger partial charge >= 0.3 is 0 Å². The summed E-state index contributed by atoms with van der Waals surface area (Å²) in [5.41, 5.74) is 5.84. The number of hydrogen-bond acceptors (Lipinski definition) is 6. The fraction of sp³-hybridized carbons (Fsp3) is 0.364. The molecule has 0 aliphatic heterocycles. The van der Waals surface area contributed by atoms with E-state index >= 15 is 0 Å². The van der Waals surface area contributed by atoms with E-state index in [2.05, 4.69) is 16.6 Å². The van der Waals surface area contributed by atoms with Crippen LogP contribution in [0.3, 0.4) is 0 Å². The number of ether oxygens (including phenoxy) is 4. The lowest BCUT2D eigenvalue weighted by atomic mass is 9.92. The van der Waals surface area contributed by atoms with Crippen molar-refractivity contribution in [1.29, 1.82) is 0 Å². The minimum atomic E-state index is -0.341. The molecule has 0 spiro atoms. The maximum absolute atomic E-state index is 12.0. The third-order valence-electron chi connectivity index (χ3n) is 4.78. The summed E-state index contributed by atoms with van der Waals surface area (Å²) < 4.78 is 21.5. The van der Waals surface area contributed by atoms with Crippen LogP contribution in [0.4, 0.5) is 0 Å². The Morgan fingerprint density at radius 1 is 1.00 bits per heavy atom. The average Bonchev–Trinajstić information content (AvgIpc) is 2.76. The number of carbonyl (C=O) groups is 1. The van der Waals surface area contributed by atoms with Gasteiger partial charge in [-0.2, -0.15) is 5.10 Å². The normalized spacial score (nSPS) is 12.9. The zero-order chi connectivity index (χ0) is 20.6. The number of amides is 1. The highest BCUT2D eigenvalue weighted by Crippen LogP contribution is 2.37. The van der Waals surface area contributed by atoms with E-state index in [1.54, 1.807) is 12.1 Å². The van der Waals surface area contributed by atoms with E-state index in [0.29, 0.717) is 28.6 Å². The van der Waals surface area contributed by atoms with Crippen LogP contribution < -0.4 is 24.4 Å². The molecule has 0 radical (unpaired) electrons. The van der Waals surface area contributed by atoms with Crippen LogP contribution in [0.2, 0.25) is 0 Å². The second kappa shape index (κ2) is 9.82. The molecule has 29 heavy (non-hydrogen) atoms. The van der Waals surface area contributed by atoms with Gasteiger partial charge in [0, 0.05) is 5.56 Å². The summed E-state index contributed by atoms with van der Waals surface area (Å²) >= 11 is 0. The highest BCUT2D eigenvalue weighted by molar-refractivity contribution is 5.84. The number of hydrogen-bond donors (Lipinski definition) is 1. The van der Waals surface area contributed by atoms with Crippen molar-refractivity contribution >= 4 is 12.1 Å². The first-order valence-electron chi connectivity index (χ1n) is 9.51. The van der Waals surface area contributed by atoms with Gasteiger partial charge in [0.15, 0.2) is 18.1 Å². The van der Waals surface area contributed by atoms with E-state index in [-0.39, 0.29) is 12.5 Å². The van der Waals surface area contributed by atoms with Crippen LogP contribution in [-0.2, 0) is 17.6 Å². The van der Waals surface area contributed by atoms with Crippen molar-refractivity contribution in [1.82, 2.24) is 5.43 Å². The Kier molecular flexibility index (Phi) is 6.94. The third-order valence-corrected chi connectivity index (χ3v) is 4.78. The minimum absolute atomic E-state index is 0.106. The van der Waals surface area contributed by atoms with E-state index in [0.717, 1.165) is 12.8 Å². The monoisotopic (exact) mass is 398 g/mol. The number of nitrogens with one attached hydrogen (secondary N) is 1. The van der Waals surface area contributed by atoms with E-state index in [9.17, 15) is 4.79 Å². The van der Waals surface area contributed by atoms with Crippen LogP contribution in [0.5, 0.6) is 23.0 Å². The first-order chi connectivity index (χ1) is 14.1. The molecule has 2 aromatic carbocycles. The summed E-state index contributed by atoms with van der Waals surface area (Å²) in [6, 6.07) is 9.50. The van der Waals surface area contributed by atoms with Gasteiger partial charge < -0.3 is 18.9 Å². The van der Waals surface area contributed by atoms with Gasteiger partial charge in [-0.25, -0.2) is 5.43 Å². The van der Waals surface area contributed by atoms with Crippen molar-refractivity contribution in [3.8, 4) is 23.0 Å². The van der Waals surface area contributed by atoms with Crippen LogP contribution in [-0.4, -0.2) is 40.1 Å². The first kappa shape index (κ1) is 20.5. The van der Waals surface area contributed by atoms with E-state index < -0.39 is 0 Å². The zero-order valence-electron chi connectivity index (χ0n) is 17.0. The molecule has 0 aromatic heterocycles. The molecule has 0 saturated carbocycles. The zero-order valence-corrected chi connectivity index (χ0v) is 17.0. The number of fused-ring (bicyclic) bond motifs is 1. The Morgan fingerprint density at radius 2 is 1.69 bits per heavy atom. The summed E-state index contributed by atoms with van der Waals surface area (Å²) in [5.74, 6) is 1.88. The molecule has 0 saturated heterocycles. The van der Waals surface area contributed by atoms with Crippen molar-refractivity contribution < 1.29 is 23.7 Å². The lowest BCUT2D eigenvalue weighted by Gasteiger charge is -2.16. The number of nitrogens with zero attached hydrogens (tertiary/aromatic N) is 1. The van der Waals surface area contributed by atoms with Gasteiger partial charge in [-0.3, -0.25) is 4.79 Å². The second-order valence-electron chi connectivity index (χ2n) is 6.68. The number of carbonyl (C=O) groups excluding carboxylic acids is 1. The average molecular weight is 398 g/mol. The van der Waals surface area contributed by atoms with Crippen molar-refractivity contribution in [3.63, 3.8) is 0 Å². The Morgan fingerprint density at radius 3 is 2.34 bits per heavy atom. The van der Waals surface area contributed by atoms with Crippen LogP contribution in [0.1, 0.15) is 29.5 Å². The Labute approximate surface area is 170 Å². The Balaban J connectivity index is 1.56. The molecule has 1 aliphatic rings. The number of methoxy groups -OCH3 is 3. The van der Waals surface area contributed by atoms with Crippen LogP contribution in [0.15, 0.2) is 35.4 Å². The third kappa shape index (κ3) is 5.19. The largest absolute Gasteiger partial charge is 0.493 e. The molecule has 1 amide bonds. The Hall–Kier alpha value is -3.22. The quantitative estimate of drug-likeness (QED) is 0.546. The van der Waals surface area contributed by atoms with Gasteiger partial charge in [0.05, 0.1) is 27.5 Å². The number of aryl methyl sites for hydroxylation is 2. The van der Waals surface area contributed by atoms with E-state index in [4.69, 9.17) is 18.9 Å². The molecule has 2 aromatic rings. The van der Waals surface area contributed by atoms with Gasteiger partial charge in [-0.05, 0) is 61.1 Å². The number of hydrazone groups is 1. The SMILES string of the molecule is COc1cc(/C=N/NC(=O)COc2ccc3c(c2)CCCC3)cc(OC)c1OC. The predicted molar refractivity (Wildman–Crippen MR) is 110 cm³/mol. The van der Waals surface area contributed by atoms with Crippen molar-refractivity contribution in [2.75, 3.05) is 27.9 Å². The van der Waals surface area contributed by atoms with Crippen molar-refractivity contribution in [2.45, 2.75) is 25.7 Å². The predicted octanol–water partition coefficient (Wildman–Crippen LogP) is 3.12. The molecule has 0 fully saturated rings. The first-order valence-corrected chi connectivity index (χ1v) is 9.51. The molecule has 0 bridgehead atoms. The molecule has 7 nitrogen and oxygen atoms in total. The number of rotatable bonds is 8. The highest BCUT2D eigenvalue weighted by Gasteiger charge is 2.13. The maximum atomic E-state index is 12.0. The minimum Gasteiger partial charge on any atom is -0.493 e. The van der Waals surface area contributed by atoms with Crippen LogP contribution in [0, 0.1) is 0 Å². The molecule has 1 aliphatic carbocycles. The summed E-state index contributed by atoms with van der Waals surface area (Å²) in [6.07, 6.45) is 6.12. The molecule has 0 unspecified atom stereocenters. The Bertz CT molecular complexity index is 870. The van der Waals surface area contributed by atoms with Crippen LogP contribution >= 0.6 is 0 Å². The second-order valence-corrected chi connectivity index (χ2v) is 6.68. The standard InChI is InChI=1S/C22H26N2O5/c1-26-19-10-15(11-20(27-2)22(19)28-3)13-23-24-21(25)14-29-18-9-8-16-6-4-5-7-17(16)12-18/h8-13H,4-7,14H2,1-3H3,(H,24,25)/b23-13+. The van der Waals surface area contributed by atoms with Gasteiger partial charge in [0.25, 0.3) is 5.91 Å². The van der Waals surface area contributed by atoms with Crippen molar-refractivity contribution in [3.05, 3.63) is 47.0 Å². The number of benzene rings is 2. The van der Waals surface area contributed by atoms with Gasteiger partial charge in [-0.15, -0.1) is 0 Å². The lowest BCUT2D eigenvalue weighted by molar-refractivity contribution is -0.123. The fourth-order valence-corrected chi connectivity index (χ4v) is 3.34. The summed E-state index contributed by atoms with van der Waals surface area (Å²) in [5, 5.41) is 3.97.